The van der Waals surface area contributed by atoms with E-state index in [1.807, 2.05) is 4.90 Å². The van der Waals surface area contributed by atoms with Crippen LogP contribution < -0.4 is 21.5 Å². The molecule has 1 fully saturated rings. The Hall–Kier alpha value is -2.97. The molecule has 2 aromatic rings. The lowest BCUT2D eigenvalue weighted by Crippen LogP contribution is -2.46. The SMILES string of the molecule is Cn1c(=O)cc(N2CCC(NC(=O)c3ccncn3)CC2)[nH]c1=O. The van der Waals surface area contributed by atoms with Crippen molar-refractivity contribution < 1.29 is 4.79 Å². The van der Waals surface area contributed by atoms with Crippen LogP contribution in [0.1, 0.15) is 23.3 Å². The zero-order valence-corrected chi connectivity index (χ0v) is 13.2. The van der Waals surface area contributed by atoms with Crippen molar-refractivity contribution >= 4 is 11.7 Å². The van der Waals surface area contributed by atoms with Crippen molar-refractivity contribution in [3.8, 4) is 0 Å². The molecule has 2 N–H and O–H groups in total. The lowest BCUT2D eigenvalue weighted by atomic mass is 10.0. The van der Waals surface area contributed by atoms with Gasteiger partial charge in [0.25, 0.3) is 11.5 Å². The maximum Gasteiger partial charge on any atom is 0.329 e. The molecule has 0 unspecified atom stereocenters. The number of aromatic nitrogens is 4. The summed E-state index contributed by atoms with van der Waals surface area (Å²) in [5.74, 6) is 0.293. The van der Waals surface area contributed by atoms with Crippen LogP contribution in [0.2, 0.25) is 0 Å². The second-order valence-electron chi connectivity index (χ2n) is 5.69. The molecular weight excluding hydrogens is 312 g/mol. The van der Waals surface area contributed by atoms with Crippen molar-refractivity contribution in [2.75, 3.05) is 18.0 Å². The van der Waals surface area contributed by atoms with Crippen LogP contribution in [-0.2, 0) is 7.05 Å². The first-order valence-corrected chi connectivity index (χ1v) is 7.67. The van der Waals surface area contributed by atoms with Crippen molar-refractivity contribution in [2.24, 2.45) is 7.05 Å². The Bertz CT molecular complexity index is 805. The van der Waals surface area contributed by atoms with Gasteiger partial charge in [-0.2, -0.15) is 0 Å². The fourth-order valence-electron chi connectivity index (χ4n) is 2.66. The van der Waals surface area contributed by atoms with E-state index in [0.29, 0.717) is 37.4 Å². The normalized spacial score (nSPS) is 15.3. The van der Waals surface area contributed by atoms with Gasteiger partial charge in [-0.25, -0.2) is 14.8 Å². The third kappa shape index (κ3) is 3.34. The molecule has 0 aromatic carbocycles. The van der Waals surface area contributed by atoms with Crippen LogP contribution in [0.25, 0.3) is 0 Å². The first kappa shape index (κ1) is 15.9. The molecule has 24 heavy (non-hydrogen) atoms. The van der Waals surface area contributed by atoms with Crippen molar-refractivity contribution in [3.63, 3.8) is 0 Å². The van der Waals surface area contributed by atoms with Crippen LogP contribution in [0.4, 0.5) is 5.82 Å². The molecule has 9 nitrogen and oxygen atoms in total. The Morgan fingerprint density at radius 1 is 1.33 bits per heavy atom. The van der Waals surface area contributed by atoms with Crippen LogP contribution >= 0.6 is 0 Å². The van der Waals surface area contributed by atoms with Crippen LogP contribution in [0, 0.1) is 0 Å². The number of aromatic amines is 1. The van der Waals surface area contributed by atoms with Gasteiger partial charge in [0.15, 0.2) is 0 Å². The van der Waals surface area contributed by atoms with Crippen LogP contribution in [0.5, 0.6) is 0 Å². The quantitative estimate of drug-likeness (QED) is 0.766. The molecule has 0 atom stereocenters. The van der Waals surface area contributed by atoms with Gasteiger partial charge in [0.2, 0.25) is 0 Å². The molecule has 0 bridgehead atoms. The number of piperidine rings is 1. The van der Waals surface area contributed by atoms with Crippen molar-refractivity contribution in [1.29, 1.82) is 0 Å². The van der Waals surface area contributed by atoms with Gasteiger partial charge in [-0.15, -0.1) is 0 Å². The van der Waals surface area contributed by atoms with E-state index in [1.165, 1.54) is 25.6 Å². The number of rotatable bonds is 3. The molecule has 1 amide bonds. The predicted octanol–water partition coefficient (Wildman–Crippen LogP) is -0.738. The zero-order chi connectivity index (χ0) is 17.1. The number of carbonyl (C=O) groups is 1. The number of hydrogen-bond acceptors (Lipinski definition) is 6. The summed E-state index contributed by atoms with van der Waals surface area (Å²) in [6.07, 6.45) is 4.29. The van der Waals surface area contributed by atoms with E-state index in [0.717, 1.165) is 4.57 Å². The minimum Gasteiger partial charge on any atom is -0.358 e. The summed E-state index contributed by atoms with van der Waals surface area (Å²) in [5, 5.41) is 2.95. The Morgan fingerprint density at radius 3 is 2.71 bits per heavy atom. The smallest absolute Gasteiger partial charge is 0.329 e. The summed E-state index contributed by atoms with van der Waals surface area (Å²) in [4.78, 5) is 47.8. The second kappa shape index (κ2) is 6.65. The van der Waals surface area contributed by atoms with Gasteiger partial charge >= 0.3 is 5.69 Å². The molecule has 0 radical (unpaired) electrons. The Kier molecular flexibility index (Phi) is 4.41. The molecule has 3 heterocycles. The summed E-state index contributed by atoms with van der Waals surface area (Å²) in [6, 6.07) is 3.01. The molecule has 0 saturated carbocycles. The topological polar surface area (TPSA) is 113 Å². The first-order chi connectivity index (χ1) is 11.5. The molecule has 1 aliphatic heterocycles. The zero-order valence-electron chi connectivity index (χ0n) is 13.2. The summed E-state index contributed by atoms with van der Waals surface area (Å²) in [5.41, 5.74) is -0.437. The Morgan fingerprint density at radius 2 is 2.08 bits per heavy atom. The second-order valence-corrected chi connectivity index (χ2v) is 5.69. The fourth-order valence-corrected chi connectivity index (χ4v) is 2.66. The third-order valence-electron chi connectivity index (χ3n) is 4.12. The molecular formula is C15H18N6O3. The summed E-state index contributed by atoms with van der Waals surface area (Å²) >= 11 is 0. The van der Waals surface area contributed by atoms with Crippen LogP contribution in [0.15, 0.2) is 34.2 Å². The van der Waals surface area contributed by atoms with E-state index in [-0.39, 0.29) is 17.5 Å². The maximum atomic E-state index is 12.1. The van der Waals surface area contributed by atoms with E-state index in [4.69, 9.17) is 0 Å². The summed E-state index contributed by atoms with van der Waals surface area (Å²) in [6.45, 7) is 1.27. The lowest BCUT2D eigenvalue weighted by molar-refractivity contribution is 0.0926. The molecule has 1 saturated heterocycles. The lowest BCUT2D eigenvalue weighted by Gasteiger charge is -2.33. The molecule has 3 rings (SSSR count). The Labute approximate surface area is 137 Å². The largest absolute Gasteiger partial charge is 0.358 e. The Balaban J connectivity index is 1.61. The number of hydrogen-bond donors (Lipinski definition) is 2. The summed E-state index contributed by atoms with van der Waals surface area (Å²) < 4.78 is 1.03. The average molecular weight is 330 g/mol. The van der Waals surface area contributed by atoms with Crippen molar-refractivity contribution in [1.82, 2.24) is 24.8 Å². The highest BCUT2D eigenvalue weighted by Gasteiger charge is 2.22. The number of nitrogens with zero attached hydrogens (tertiary/aromatic N) is 4. The van der Waals surface area contributed by atoms with E-state index in [9.17, 15) is 14.4 Å². The number of anilines is 1. The number of nitrogens with one attached hydrogen (secondary N) is 2. The molecule has 0 aliphatic carbocycles. The van der Waals surface area contributed by atoms with Gasteiger partial charge in [-0.3, -0.25) is 19.1 Å². The molecule has 1 aliphatic rings. The fraction of sp³-hybridized carbons (Fsp3) is 0.400. The monoisotopic (exact) mass is 330 g/mol. The molecule has 9 heteroatoms. The molecule has 126 valence electrons. The van der Waals surface area contributed by atoms with Gasteiger partial charge in [-0.05, 0) is 18.9 Å². The predicted molar refractivity (Wildman–Crippen MR) is 87.0 cm³/mol. The number of H-pyrrole nitrogens is 1. The van der Waals surface area contributed by atoms with E-state index in [1.54, 1.807) is 6.07 Å². The van der Waals surface area contributed by atoms with Crippen LogP contribution in [0.3, 0.4) is 0 Å². The number of carbonyl (C=O) groups excluding carboxylic acids is 1. The highest BCUT2D eigenvalue weighted by molar-refractivity contribution is 5.92. The number of amides is 1. The third-order valence-corrected chi connectivity index (χ3v) is 4.12. The molecule has 2 aromatic heterocycles. The van der Waals surface area contributed by atoms with Gasteiger partial charge in [-0.1, -0.05) is 0 Å². The van der Waals surface area contributed by atoms with E-state index in [2.05, 4.69) is 20.3 Å². The van der Waals surface area contributed by atoms with E-state index >= 15 is 0 Å². The van der Waals surface area contributed by atoms with Gasteiger partial charge in [0, 0.05) is 38.4 Å². The first-order valence-electron chi connectivity index (χ1n) is 7.67. The van der Waals surface area contributed by atoms with E-state index < -0.39 is 5.69 Å². The van der Waals surface area contributed by atoms with Gasteiger partial charge in [0.1, 0.15) is 17.8 Å². The molecule has 0 spiro atoms. The van der Waals surface area contributed by atoms with Gasteiger partial charge < -0.3 is 10.2 Å². The van der Waals surface area contributed by atoms with Crippen molar-refractivity contribution in [2.45, 2.75) is 18.9 Å². The minimum atomic E-state index is -0.434. The highest BCUT2D eigenvalue weighted by atomic mass is 16.2. The average Bonchev–Trinajstić information content (AvgIpc) is 2.60. The minimum absolute atomic E-state index is 0.0296. The highest BCUT2D eigenvalue weighted by Crippen LogP contribution is 2.16. The van der Waals surface area contributed by atoms with Gasteiger partial charge in [0.05, 0.1) is 0 Å². The summed E-state index contributed by atoms with van der Waals surface area (Å²) in [7, 11) is 1.43. The van der Waals surface area contributed by atoms with Crippen molar-refractivity contribution in [3.05, 3.63) is 51.2 Å². The standard InChI is InChI=1S/C15H18N6O3/c1-20-13(22)8-12(19-15(20)24)21-6-3-10(4-7-21)18-14(23)11-2-5-16-9-17-11/h2,5,8-10H,3-4,6-7H2,1H3,(H,18,23)(H,19,24). The maximum absolute atomic E-state index is 12.1. The van der Waals surface area contributed by atoms with Crippen LogP contribution in [-0.4, -0.2) is 44.6 Å².